The Hall–Kier alpha value is -2.53. The van der Waals surface area contributed by atoms with E-state index in [0.717, 1.165) is 19.4 Å². The molecule has 39 heavy (non-hydrogen) atoms. The number of rotatable bonds is 6. The zero-order valence-electron chi connectivity index (χ0n) is 23.2. The number of halogens is 3. The van der Waals surface area contributed by atoms with E-state index in [1.165, 1.54) is 6.20 Å². The number of amides is 1. The van der Waals surface area contributed by atoms with Crippen molar-refractivity contribution in [3.8, 4) is 6.01 Å². The highest BCUT2D eigenvalue weighted by Crippen LogP contribution is 2.41. The monoisotopic (exact) mass is 566 g/mol. The number of likely N-dealkylation sites (tertiary alicyclic amines) is 1. The van der Waals surface area contributed by atoms with Crippen LogP contribution in [0.15, 0.2) is 6.20 Å². The quantitative estimate of drug-likeness (QED) is 0.452. The molecule has 2 aromatic heterocycles. The molecule has 0 N–H and O–H groups in total. The van der Waals surface area contributed by atoms with Crippen LogP contribution in [-0.4, -0.2) is 93.5 Å². The molecule has 0 spiro atoms. The highest BCUT2D eigenvalue weighted by molar-refractivity contribution is 6.30. The smallest absolute Gasteiger partial charge is 0.410 e. The van der Waals surface area contributed by atoms with Gasteiger partial charge in [0, 0.05) is 32.8 Å². The molecule has 0 unspecified atom stereocenters. The number of fused-ring (bicyclic) bond motifs is 2. The zero-order chi connectivity index (χ0) is 28.1. The summed E-state index contributed by atoms with van der Waals surface area (Å²) in [7, 11) is 1.87. The van der Waals surface area contributed by atoms with Crippen LogP contribution >= 0.6 is 11.6 Å². The van der Waals surface area contributed by atoms with Gasteiger partial charge in [-0.3, -0.25) is 4.90 Å². The Labute approximate surface area is 232 Å². The van der Waals surface area contributed by atoms with E-state index >= 15 is 4.39 Å². The summed E-state index contributed by atoms with van der Waals surface area (Å²) in [6, 6.07) is -0.252. The summed E-state index contributed by atoms with van der Waals surface area (Å²) in [5.74, 6) is -0.321. The number of hydrogen-bond donors (Lipinski definition) is 0. The molecule has 3 fully saturated rings. The molecular formula is C27H37ClF2N6O3. The van der Waals surface area contributed by atoms with Crippen LogP contribution in [0, 0.1) is 5.82 Å². The van der Waals surface area contributed by atoms with Gasteiger partial charge >= 0.3 is 12.1 Å². The molecule has 1 amide bonds. The van der Waals surface area contributed by atoms with Gasteiger partial charge in [0.05, 0.1) is 23.0 Å². The summed E-state index contributed by atoms with van der Waals surface area (Å²) in [5.41, 5.74) is -0.995. The SMILES string of the molecule is CC[C@@H]1[C@H](N(C)c2nc(OC[C@@]34CCCN3C[C@H](F)C4)nc3c(F)c(Cl)ncc23)CCN1C(=O)OC(C)(C)C. The van der Waals surface area contributed by atoms with Crippen molar-refractivity contribution in [3.63, 3.8) is 0 Å². The second-order valence-electron chi connectivity index (χ2n) is 11.9. The first-order valence-electron chi connectivity index (χ1n) is 13.7. The van der Waals surface area contributed by atoms with Crippen LogP contribution in [0.5, 0.6) is 6.01 Å². The Balaban J connectivity index is 1.46. The third-order valence-electron chi connectivity index (χ3n) is 8.22. The number of ether oxygens (including phenoxy) is 2. The average Bonchev–Trinajstić information content (AvgIpc) is 3.55. The first-order valence-corrected chi connectivity index (χ1v) is 14.1. The number of hydrogen-bond acceptors (Lipinski definition) is 8. The number of carbonyl (C=O) groups excluding carboxylic acids is 1. The molecule has 12 heteroatoms. The van der Waals surface area contributed by atoms with Gasteiger partial charge in [-0.2, -0.15) is 9.97 Å². The number of likely N-dealkylation sites (N-methyl/N-ethyl adjacent to an activating group) is 1. The lowest BCUT2D eigenvalue weighted by atomic mass is 9.95. The largest absolute Gasteiger partial charge is 0.461 e. The number of pyridine rings is 1. The Morgan fingerprint density at radius 1 is 1.31 bits per heavy atom. The maximum absolute atomic E-state index is 15.2. The highest BCUT2D eigenvalue weighted by atomic mass is 35.5. The van der Waals surface area contributed by atoms with Crippen LogP contribution in [-0.2, 0) is 4.74 Å². The fourth-order valence-corrected chi connectivity index (χ4v) is 6.60. The molecule has 214 valence electrons. The van der Waals surface area contributed by atoms with Crippen LogP contribution in [0.4, 0.5) is 19.4 Å². The number of anilines is 1. The van der Waals surface area contributed by atoms with Gasteiger partial charge in [0.15, 0.2) is 11.0 Å². The van der Waals surface area contributed by atoms with Gasteiger partial charge < -0.3 is 19.3 Å². The van der Waals surface area contributed by atoms with E-state index in [9.17, 15) is 9.18 Å². The van der Waals surface area contributed by atoms with Gasteiger partial charge in [-0.15, -0.1) is 0 Å². The number of aromatic nitrogens is 3. The first kappa shape index (κ1) is 28.0. The predicted molar refractivity (Wildman–Crippen MR) is 145 cm³/mol. The van der Waals surface area contributed by atoms with E-state index in [2.05, 4.69) is 14.9 Å². The molecule has 5 rings (SSSR count). The second kappa shape index (κ2) is 10.5. The molecule has 0 aromatic carbocycles. The summed E-state index contributed by atoms with van der Waals surface area (Å²) in [4.78, 5) is 31.8. The summed E-state index contributed by atoms with van der Waals surface area (Å²) in [6.45, 7) is 9.53. The van der Waals surface area contributed by atoms with Crippen LogP contribution in [0.25, 0.3) is 10.9 Å². The molecule has 0 aliphatic carbocycles. The maximum Gasteiger partial charge on any atom is 0.410 e. The van der Waals surface area contributed by atoms with Crippen molar-refractivity contribution in [3.05, 3.63) is 17.2 Å². The third kappa shape index (κ3) is 5.31. The Morgan fingerprint density at radius 2 is 2.08 bits per heavy atom. The lowest BCUT2D eigenvalue weighted by Gasteiger charge is -2.34. The van der Waals surface area contributed by atoms with Gasteiger partial charge in [0.1, 0.15) is 29.7 Å². The van der Waals surface area contributed by atoms with Gasteiger partial charge in [-0.05, 0) is 53.0 Å². The molecule has 9 nitrogen and oxygen atoms in total. The molecule has 3 saturated heterocycles. The molecule has 0 bridgehead atoms. The molecule has 0 radical (unpaired) electrons. The normalized spacial score (nSPS) is 27.3. The van der Waals surface area contributed by atoms with E-state index in [-0.39, 0.29) is 41.5 Å². The van der Waals surface area contributed by atoms with Crippen LogP contribution in [0.3, 0.4) is 0 Å². The van der Waals surface area contributed by atoms with Crippen molar-refractivity contribution in [1.29, 1.82) is 0 Å². The summed E-state index contributed by atoms with van der Waals surface area (Å²) < 4.78 is 41.2. The van der Waals surface area contributed by atoms with Gasteiger partial charge in [0.2, 0.25) is 0 Å². The molecule has 3 aliphatic heterocycles. The van der Waals surface area contributed by atoms with Crippen molar-refractivity contribution < 1.29 is 23.0 Å². The van der Waals surface area contributed by atoms with E-state index in [1.54, 1.807) is 4.90 Å². The molecular weight excluding hydrogens is 530 g/mol. The molecule has 2 aromatic rings. The highest BCUT2D eigenvalue weighted by Gasteiger charge is 2.49. The van der Waals surface area contributed by atoms with Crippen molar-refractivity contribution in [2.45, 2.75) is 89.2 Å². The Bertz CT molecular complexity index is 1250. The van der Waals surface area contributed by atoms with Crippen LogP contribution in [0.1, 0.15) is 59.8 Å². The minimum atomic E-state index is -0.892. The minimum absolute atomic E-state index is 0.00379. The molecule has 4 atom stereocenters. The van der Waals surface area contributed by atoms with Crippen LogP contribution < -0.4 is 9.64 Å². The lowest BCUT2D eigenvalue weighted by Crippen LogP contribution is -2.47. The first-order chi connectivity index (χ1) is 18.4. The van der Waals surface area contributed by atoms with Crippen molar-refractivity contribution in [2.24, 2.45) is 0 Å². The summed E-state index contributed by atoms with van der Waals surface area (Å²) >= 11 is 6.01. The standard InChI is InChI=1S/C27H37ClF2N6O3/c1-6-18-19(8-11-36(18)25(37)39-26(2,3)4)34(5)23-17-13-31-22(28)20(30)21(17)32-24(33-23)38-15-27-9-7-10-35(27)14-16(29)12-27/h13,16,18-19H,6-12,14-15H2,1-5H3/t16-,18-,19-,27+/m1/s1. The maximum atomic E-state index is 15.2. The van der Waals surface area contributed by atoms with E-state index in [1.807, 2.05) is 39.6 Å². The number of nitrogens with zero attached hydrogens (tertiary/aromatic N) is 6. The topological polar surface area (TPSA) is 83.9 Å². The molecule has 5 heterocycles. The van der Waals surface area contributed by atoms with Crippen molar-refractivity contribution >= 4 is 34.4 Å². The zero-order valence-corrected chi connectivity index (χ0v) is 24.0. The van der Waals surface area contributed by atoms with Crippen LogP contribution in [0.2, 0.25) is 5.15 Å². The van der Waals surface area contributed by atoms with Gasteiger partial charge in [-0.1, -0.05) is 18.5 Å². The van der Waals surface area contributed by atoms with E-state index in [4.69, 9.17) is 26.1 Å². The third-order valence-corrected chi connectivity index (χ3v) is 8.48. The van der Waals surface area contributed by atoms with Gasteiger partial charge in [-0.25, -0.2) is 18.6 Å². The molecule has 3 aliphatic rings. The van der Waals surface area contributed by atoms with E-state index in [0.29, 0.717) is 43.6 Å². The fourth-order valence-electron chi connectivity index (χ4n) is 6.47. The average molecular weight is 567 g/mol. The lowest BCUT2D eigenvalue weighted by molar-refractivity contribution is 0.0217. The number of alkyl halides is 1. The Kier molecular flexibility index (Phi) is 7.52. The van der Waals surface area contributed by atoms with E-state index < -0.39 is 23.1 Å². The predicted octanol–water partition coefficient (Wildman–Crippen LogP) is 5.00. The Morgan fingerprint density at radius 3 is 2.79 bits per heavy atom. The summed E-state index contributed by atoms with van der Waals surface area (Å²) in [6.07, 6.45) is 3.79. The number of carbonyl (C=O) groups is 1. The second-order valence-corrected chi connectivity index (χ2v) is 12.3. The van der Waals surface area contributed by atoms with Gasteiger partial charge in [0.25, 0.3) is 0 Å². The van der Waals surface area contributed by atoms with Crippen molar-refractivity contribution in [2.75, 3.05) is 38.2 Å². The summed E-state index contributed by atoms with van der Waals surface area (Å²) in [5, 5.41) is 0.100. The fraction of sp³-hybridized carbons (Fsp3) is 0.704. The minimum Gasteiger partial charge on any atom is -0.461 e. The van der Waals surface area contributed by atoms with Crippen molar-refractivity contribution in [1.82, 2.24) is 24.8 Å². The molecule has 0 saturated carbocycles.